The summed E-state index contributed by atoms with van der Waals surface area (Å²) in [6.45, 7) is 0. The molecule has 0 aromatic heterocycles. The summed E-state index contributed by atoms with van der Waals surface area (Å²) < 4.78 is 78.8. The summed E-state index contributed by atoms with van der Waals surface area (Å²) >= 11 is 2.98. The second-order valence-corrected chi connectivity index (χ2v) is 6.47. The molecule has 0 aliphatic rings. The third-order valence-corrected chi connectivity index (χ3v) is 4.34. The zero-order chi connectivity index (χ0) is 15.8. The first-order valence-corrected chi connectivity index (χ1v) is 7.61. The van der Waals surface area contributed by atoms with Crippen LogP contribution in [0.15, 0.2) is 39.7 Å². The summed E-state index contributed by atoms with van der Waals surface area (Å²) in [7, 11) is -4.61. The van der Waals surface area contributed by atoms with Gasteiger partial charge in [-0.1, -0.05) is 15.9 Å². The molecule has 2 rings (SSSR count). The zero-order valence-electron chi connectivity index (χ0n) is 10.0. The lowest BCUT2D eigenvalue weighted by Crippen LogP contribution is -2.16. The first kappa shape index (κ1) is 15.8. The fourth-order valence-electron chi connectivity index (χ4n) is 1.49. The second kappa shape index (κ2) is 5.64. The maximum Gasteiger partial charge on any atom is 0.265 e. The summed E-state index contributed by atoms with van der Waals surface area (Å²) in [4.78, 5) is -1.12. The van der Waals surface area contributed by atoms with Crippen molar-refractivity contribution in [3.63, 3.8) is 0 Å². The van der Waals surface area contributed by atoms with Gasteiger partial charge in [0.1, 0.15) is 10.7 Å². The third-order valence-electron chi connectivity index (χ3n) is 2.46. The Morgan fingerprint density at radius 3 is 2.19 bits per heavy atom. The highest BCUT2D eigenvalue weighted by Crippen LogP contribution is 2.25. The molecule has 0 atom stereocenters. The van der Waals surface area contributed by atoms with Gasteiger partial charge in [-0.15, -0.1) is 0 Å². The average Bonchev–Trinajstić information content (AvgIpc) is 2.39. The molecule has 9 heteroatoms. The molecule has 1 N–H and O–H groups in total. The van der Waals surface area contributed by atoms with Crippen LogP contribution in [-0.2, 0) is 10.0 Å². The fourth-order valence-corrected chi connectivity index (χ4v) is 2.96. The Morgan fingerprint density at radius 1 is 0.905 bits per heavy atom. The molecular weight excluding hydrogens is 378 g/mol. The molecule has 0 saturated heterocycles. The van der Waals surface area contributed by atoms with E-state index in [0.29, 0.717) is 16.6 Å². The quantitative estimate of drug-likeness (QED) is 0.647. The molecule has 112 valence electrons. The van der Waals surface area contributed by atoms with Crippen molar-refractivity contribution in [3.8, 4) is 0 Å². The van der Waals surface area contributed by atoms with E-state index in [1.807, 2.05) is 0 Å². The third kappa shape index (κ3) is 3.18. The van der Waals surface area contributed by atoms with Crippen LogP contribution in [0.5, 0.6) is 0 Å². The second-order valence-electron chi connectivity index (χ2n) is 3.90. The first-order valence-electron chi connectivity index (χ1n) is 5.34. The van der Waals surface area contributed by atoms with Gasteiger partial charge in [-0.3, -0.25) is 4.72 Å². The highest BCUT2D eigenvalue weighted by Gasteiger charge is 2.24. The molecule has 0 spiro atoms. The van der Waals surface area contributed by atoms with Gasteiger partial charge in [0.2, 0.25) is 0 Å². The Labute approximate surface area is 125 Å². The lowest BCUT2D eigenvalue weighted by molar-refractivity contribution is 0.432. The SMILES string of the molecule is O=S(=O)(Nc1ccc(Br)cc1F)c1ccc(F)c(F)c1F. The molecular formula is C12H6BrF4NO2S. The standard InChI is InChI=1S/C12H6BrF4NO2S/c13-6-1-3-9(8(15)5-6)18-21(19,20)10-4-2-7(14)11(16)12(10)17/h1-5,18H. The van der Waals surface area contributed by atoms with Gasteiger partial charge in [0.25, 0.3) is 10.0 Å². The molecule has 2 aromatic rings. The van der Waals surface area contributed by atoms with E-state index in [0.717, 1.165) is 12.1 Å². The van der Waals surface area contributed by atoms with Crippen molar-refractivity contribution in [2.75, 3.05) is 4.72 Å². The van der Waals surface area contributed by atoms with E-state index >= 15 is 0 Å². The summed E-state index contributed by atoms with van der Waals surface area (Å²) in [5, 5.41) is 0. The summed E-state index contributed by atoms with van der Waals surface area (Å²) in [6.07, 6.45) is 0. The Hall–Kier alpha value is -1.61. The molecule has 0 fully saturated rings. The highest BCUT2D eigenvalue weighted by atomic mass is 79.9. The largest absolute Gasteiger partial charge is 0.277 e. The lowest BCUT2D eigenvalue weighted by atomic mass is 10.3. The summed E-state index contributed by atoms with van der Waals surface area (Å²) in [5.41, 5.74) is -0.456. The Bertz CT molecular complexity index is 811. The fraction of sp³-hybridized carbons (Fsp3) is 0. The number of anilines is 1. The molecule has 0 saturated carbocycles. The van der Waals surface area contributed by atoms with Crippen molar-refractivity contribution in [1.82, 2.24) is 0 Å². The number of benzene rings is 2. The first-order chi connectivity index (χ1) is 9.72. The van der Waals surface area contributed by atoms with Gasteiger partial charge in [0.05, 0.1) is 5.69 Å². The number of halogens is 5. The van der Waals surface area contributed by atoms with Crippen LogP contribution < -0.4 is 4.72 Å². The zero-order valence-corrected chi connectivity index (χ0v) is 12.4. The van der Waals surface area contributed by atoms with E-state index in [9.17, 15) is 26.0 Å². The van der Waals surface area contributed by atoms with Crippen molar-refractivity contribution in [2.45, 2.75) is 4.90 Å². The van der Waals surface area contributed by atoms with Crippen molar-refractivity contribution in [2.24, 2.45) is 0 Å². The van der Waals surface area contributed by atoms with Gasteiger partial charge < -0.3 is 0 Å². The van der Waals surface area contributed by atoms with Crippen molar-refractivity contribution >= 4 is 31.6 Å². The van der Waals surface area contributed by atoms with E-state index < -0.39 is 43.9 Å². The molecule has 0 radical (unpaired) electrons. The van der Waals surface area contributed by atoms with Gasteiger partial charge >= 0.3 is 0 Å². The summed E-state index contributed by atoms with van der Waals surface area (Å²) in [5.74, 6) is -6.24. The van der Waals surface area contributed by atoms with Crippen LogP contribution in [0.25, 0.3) is 0 Å². The van der Waals surface area contributed by atoms with Crippen LogP contribution >= 0.6 is 15.9 Å². The van der Waals surface area contributed by atoms with Crippen LogP contribution in [0, 0.1) is 23.3 Å². The number of nitrogens with one attached hydrogen (secondary N) is 1. The molecule has 0 amide bonds. The van der Waals surface area contributed by atoms with Crippen molar-refractivity contribution in [1.29, 1.82) is 0 Å². The molecule has 0 unspecified atom stereocenters. The number of sulfonamides is 1. The molecule has 2 aromatic carbocycles. The van der Waals surface area contributed by atoms with E-state index in [-0.39, 0.29) is 0 Å². The predicted octanol–water partition coefficient (Wildman–Crippen LogP) is 3.81. The maximum absolute atomic E-state index is 13.6. The normalized spacial score (nSPS) is 11.5. The number of hydrogen-bond acceptors (Lipinski definition) is 2. The Balaban J connectivity index is 2.46. The number of rotatable bonds is 3. The monoisotopic (exact) mass is 383 g/mol. The predicted molar refractivity (Wildman–Crippen MR) is 71.2 cm³/mol. The lowest BCUT2D eigenvalue weighted by Gasteiger charge is -2.10. The molecule has 0 aliphatic heterocycles. The van der Waals surface area contributed by atoms with Gasteiger partial charge in [0, 0.05) is 4.47 Å². The highest BCUT2D eigenvalue weighted by molar-refractivity contribution is 9.10. The minimum atomic E-state index is -4.61. The number of hydrogen-bond donors (Lipinski definition) is 1. The van der Waals surface area contributed by atoms with E-state index in [2.05, 4.69) is 15.9 Å². The molecule has 21 heavy (non-hydrogen) atoms. The Kier molecular flexibility index (Phi) is 4.24. The van der Waals surface area contributed by atoms with E-state index in [4.69, 9.17) is 0 Å². The van der Waals surface area contributed by atoms with E-state index in [1.165, 1.54) is 6.07 Å². The smallest absolute Gasteiger partial charge is 0.265 e. The topological polar surface area (TPSA) is 46.2 Å². The van der Waals surface area contributed by atoms with Gasteiger partial charge in [-0.2, -0.15) is 0 Å². The maximum atomic E-state index is 13.6. The van der Waals surface area contributed by atoms with E-state index in [1.54, 1.807) is 4.72 Å². The van der Waals surface area contributed by atoms with Crippen LogP contribution in [-0.4, -0.2) is 8.42 Å². The summed E-state index contributed by atoms with van der Waals surface area (Å²) in [6, 6.07) is 4.44. The van der Waals surface area contributed by atoms with Gasteiger partial charge in [0.15, 0.2) is 17.5 Å². The van der Waals surface area contributed by atoms with Crippen LogP contribution in [0.1, 0.15) is 0 Å². The molecule has 0 bridgehead atoms. The van der Waals surface area contributed by atoms with Crippen LogP contribution in [0.2, 0.25) is 0 Å². The van der Waals surface area contributed by atoms with Crippen molar-refractivity contribution < 1.29 is 26.0 Å². The molecule has 0 aliphatic carbocycles. The Morgan fingerprint density at radius 2 is 1.57 bits per heavy atom. The van der Waals surface area contributed by atoms with Crippen LogP contribution in [0.3, 0.4) is 0 Å². The molecule has 3 nitrogen and oxygen atoms in total. The van der Waals surface area contributed by atoms with Gasteiger partial charge in [-0.25, -0.2) is 26.0 Å². The minimum absolute atomic E-state index is 0.363. The average molecular weight is 384 g/mol. The van der Waals surface area contributed by atoms with Crippen LogP contribution in [0.4, 0.5) is 23.2 Å². The van der Waals surface area contributed by atoms with Gasteiger partial charge in [-0.05, 0) is 30.3 Å². The molecule has 0 heterocycles. The van der Waals surface area contributed by atoms with Crippen molar-refractivity contribution in [3.05, 3.63) is 58.1 Å². The minimum Gasteiger partial charge on any atom is -0.277 e.